The van der Waals surface area contributed by atoms with Crippen LogP contribution in [0.1, 0.15) is 30.0 Å². The number of carbonyl (C=O) groups is 1. The average Bonchev–Trinajstić information content (AvgIpc) is 3.39. The van der Waals surface area contributed by atoms with Crippen molar-refractivity contribution in [3.63, 3.8) is 0 Å². The van der Waals surface area contributed by atoms with Crippen LogP contribution in [0.5, 0.6) is 0 Å². The van der Waals surface area contributed by atoms with Gasteiger partial charge in [0.2, 0.25) is 5.82 Å². The molecule has 0 bridgehead atoms. The van der Waals surface area contributed by atoms with Gasteiger partial charge >= 0.3 is 6.03 Å². The number of hydrogen-bond acceptors (Lipinski definition) is 5. The van der Waals surface area contributed by atoms with Crippen molar-refractivity contribution in [3.8, 4) is 11.4 Å². The summed E-state index contributed by atoms with van der Waals surface area (Å²) in [5.74, 6) is 0.928. The van der Waals surface area contributed by atoms with E-state index in [4.69, 9.17) is 9.51 Å². The zero-order valence-corrected chi connectivity index (χ0v) is 20.5. The first-order valence-electron chi connectivity index (χ1n) is 11.5. The molecule has 2 heterocycles. The standard InChI is InChI=1S/C28H26N4O2S/c1-19-24(27-30-26(31-34-27)22-13-15-23(35-2)16-14-22)25(21-11-7-4-8-12-21)29-28(33)32(19)18-17-20-9-5-3-6-10-20/h3-16,25H,17-18H2,1-2H3,(H,29,33). The highest BCUT2D eigenvalue weighted by Crippen LogP contribution is 2.37. The van der Waals surface area contributed by atoms with Crippen LogP contribution < -0.4 is 5.32 Å². The Balaban J connectivity index is 1.52. The molecule has 1 aliphatic heterocycles. The molecule has 7 heteroatoms. The van der Waals surface area contributed by atoms with Gasteiger partial charge in [-0.15, -0.1) is 11.8 Å². The van der Waals surface area contributed by atoms with E-state index in [-0.39, 0.29) is 12.1 Å². The maximum Gasteiger partial charge on any atom is 0.322 e. The first kappa shape index (κ1) is 22.9. The van der Waals surface area contributed by atoms with E-state index in [1.807, 2.05) is 86.0 Å². The maximum absolute atomic E-state index is 13.2. The lowest BCUT2D eigenvalue weighted by Gasteiger charge is -2.35. The van der Waals surface area contributed by atoms with E-state index in [0.29, 0.717) is 18.3 Å². The second kappa shape index (κ2) is 10.2. The van der Waals surface area contributed by atoms with Crippen LogP contribution in [0, 0.1) is 0 Å². The van der Waals surface area contributed by atoms with Crippen LogP contribution in [0.15, 0.2) is 100 Å². The molecule has 0 fully saturated rings. The average molecular weight is 483 g/mol. The first-order valence-corrected chi connectivity index (χ1v) is 12.7. The van der Waals surface area contributed by atoms with Gasteiger partial charge in [-0.1, -0.05) is 65.8 Å². The summed E-state index contributed by atoms with van der Waals surface area (Å²) in [7, 11) is 0. The van der Waals surface area contributed by atoms with E-state index < -0.39 is 0 Å². The summed E-state index contributed by atoms with van der Waals surface area (Å²) in [5.41, 5.74) is 4.64. The molecule has 1 aromatic heterocycles. The summed E-state index contributed by atoms with van der Waals surface area (Å²) in [6.45, 7) is 2.50. The fourth-order valence-electron chi connectivity index (χ4n) is 4.30. The largest absolute Gasteiger partial charge is 0.334 e. The highest BCUT2D eigenvalue weighted by molar-refractivity contribution is 7.98. The van der Waals surface area contributed by atoms with Crippen LogP contribution in [0.3, 0.4) is 0 Å². The van der Waals surface area contributed by atoms with Crippen molar-refractivity contribution in [1.29, 1.82) is 0 Å². The van der Waals surface area contributed by atoms with Gasteiger partial charge in [-0.05, 0) is 55.0 Å². The quantitative estimate of drug-likeness (QED) is 0.318. The number of nitrogens with one attached hydrogen (secondary N) is 1. The normalized spacial score (nSPS) is 15.9. The van der Waals surface area contributed by atoms with E-state index in [0.717, 1.165) is 28.8 Å². The van der Waals surface area contributed by atoms with Crippen molar-refractivity contribution in [3.05, 3.63) is 108 Å². The van der Waals surface area contributed by atoms with Crippen LogP contribution in [0.25, 0.3) is 17.0 Å². The number of allylic oxidation sites excluding steroid dienone is 1. The predicted molar refractivity (Wildman–Crippen MR) is 139 cm³/mol. The fourth-order valence-corrected chi connectivity index (χ4v) is 4.71. The first-order chi connectivity index (χ1) is 17.1. The minimum absolute atomic E-state index is 0.136. The van der Waals surface area contributed by atoms with Crippen molar-refractivity contribution in [2.24, 2.45) is 0 Å². The Bertz CT molecular complexity index is 1330. The lowest BCUT2D eigenvalue weighted by atomic mass is 9.94. The third-order valence-corrected chi connectivity index (χ3v) is 6.94. The molecular formula is C28H26N4O2S. The van der Waals surface area contributed by atoms with Crippen molar-refractivity contribution >= 4 is 23.4 Å². The Labute approximate surface area is 209 Å². The summed E-state index contributed by atoms with van der Waals surface area (Å²) in [5, 5.41) is 7.42. The molecule has 176 valence electrons. The van der Waals surface area contributed by atoms with Crippen LogP contribution in [0.4, 0.5) is 4.79 Å². The Kier molecular flexibility index (Phi) is 6.68. The number of hydrogen-bond donors (Lipinski definition) is 1. The van der Waals surface area contributed by atoms with E-state index in [2.05, 4.69) is 22.6 Å². The summed E-state index contributed by atoms with van der Waals surface area (Å²) < 4.78 is 5.78. The van der Waals surface area contributed by atoms with E-state index in [1.165, 1.54) is 10.5 Å². The predicted octanol–water partition coefficient (Wildman–Crippen LogP) is 6.20. The Morgan fingerprint density at radius 2 is 1.66 bits per heavy atom. The molecule has 0 spiro atoms. The summed E-state index contributed by atoms with van der Waals surface area (Å²) >= 11 is 1.68. The molecule has 1 atom stereocenters. The summed E-state index contributed by atoms with van der Waals surface area (Å²) in [4.78, 5) is 20.9. The molecule has 6 nitrogen and oxygen atoms in total. The number of aromatic nitrogens is 2. The van der Waals surface area contributed by atoms with Gasteiger partial charge in [-0.25, -0.2) is 4.79 Å². The SMILES string of the molecule is CSc1ccc(-c2noc(C3=C(C)N(CCc4ccccc4)C(=O)NC3c3ccccc3)n2)cc1. The molecule has 0 aliphatic carbocycles. The molecule has 0 saturated carbocycles. The van der Waals surface area contributed by atoms with E-state index in [1.54, 1.807) is 16.7 Å². The summed E-state index contributed by atoms with van der Waals surface area (Å²) in [6.07, 6.45) is 2.78. The molecule has 4 aromatic rings. The van der Waals surface area contributed by atoms with Crippen molar-refractivity contribution in [2.75, 3.05) is 12.8 Å². The molecule has 0 radical (unpaired) electrons. The van der Waals surface area contributed by atoms with Gasteiger partial charge in [0.05, 0.1) is 11.6 Å². The number of thioether (sulfide) groups is 1. The molecule has 0 saturated heterocycles. The highest BCUT2D eigenvalue weighted by atomic mass is 32.2. The van der Waals surface area contributed by atoms with Crippen LogP contribution >= 0.6 is 11.8 Å². The molecule has 1 unspecified atom stereocenters. The van der Waals surface area contributed by atoms with Gasteiger partial charge in [-0.2, -0.15) is 4.98 Å². The minimum Gasteiger partial charge on any atom is -0.334 e. The van der Waals surface area contributed by atoms with Crippen LogP contribution in [-0.4, -0.2) is 33.9 Å². The molecule has 1 N–H and O–H groups in total. The Morgan fingerprint density at radius 3 is 2.34 bits per heavy atom. The Hall–Kier alpha value is -3.84. The summed E-state index contributed by atoms with van der Waals surface area (Å²) in [6, 6.07) is 27.6. The van der Waals surface area contributed by atoms with Gasteiger partial charge in [0.1, 0.15) is 0 Å². The molecule has 35 heavy (non-hydrogen) atoms. The van der Waals surface area contributed by atoms with Gasteiger partial charge in [0.25, 0.3) is 5.89 Å². The molecule has 3 aromatic carbocycles. The van der Waals surface area contributed by atoms with Crippen molar-refractivity contribution < 1.29 is 9.32 Å². The highest BCUT2D eigenvalue weighted by Gasteiger charge is 2.35. The third-order valence-electron chi connectivity index (χ3n) is 6.20. The number of carbonyl (C=O) groups excluding carboxylic acids is 1. The van der Waals surface area contributed by atoms with Crippen LogP contribution in [0.2, 0.25) is 0 Å². The number of amides is 2. The Morgan fingerprint density at radius 1 is 0.971 bits per heavy atom. The smallest absolute Gasteiger partial charge is 0.322 e. The second-order valence-corrected chi connectivity index (χ2v) is 9.21. The topological polar surface area (TPSA) is 71.3 Å². The fraction of sp³-hybridized carbons (Fsp3) is 0.179. The van der Waals surface area contributed by atoms with Gasteiger partial charge in [0.15, 0.2) is 0 Å². The van der Waals surface area contributed by atoms with E-state index in [9.17, 15) is 4.79 Å². The van der Waals surface area contributed by atoms with E-state index >= 15 is 0 Å². The zero-order chi connectivity index (χ0) is 24.2. The minimum atomic E-state index is -0.385. The van der Waals surface area contributed by atoms with Gasteiger partial charge in [-0.3, -0.25) is 4.90 Å². The number of nitrogens with zero attached hydrogens (tertiary/aromatic N) is 3. The molecular weight excluding hydrogens is 456 g/mol. The van der Waals surface area contributed by atoms with Gasteiger partial charge < -0.3 is 9.84 Å². The molecule has 1 aliphatic rings. The lowest BCUT2D eigenvalue weighted by Crippen LogP contribution is -2.46. The molecule has 5 rings (SSSR count). The number of benzene rings is 3. The van der Waals surface area contributed by atoms with Crippen molar-refractivity contribution in [1.82, 2.24) is 20.4 Å². The molecule has 2 amide bonds. The monoisotopic (exact) mass is 482 g/mol. The maximum atomic E-state index is 13.2. The van der Waals surface area contributed by atoms with Gasteiger partial charge in [0, 0.05) is 22.7 Å². The number of urea groups is 1. The lowest BCUT2D eigenvalue weighted by molar-refractivity contribution is 0.205. The third kappa shape index (κ3) is 4.86. The zero-order valence-electron chi connectivity index (χ0n) is 19.6. The second-order valence-electron chi connectivity index (χ2n) is 8.33. The number of rotatable bonds is 7. The van der Waals surface area contributed by atoms with Crippen LogP contribution in [-0.2, 0) is 6.42 Å². The van der Waals surface area contributed by atoms with Crippen molar-refractivity contribution in [2.45, 2.75) is 24.3 Å².